The van der Waals surface area contributed by atoms with Crippen molar-refractivity contribution in [2.75, 3.05) is 7.11 Å². The van der Waals surface area contributed by atoms with E-state index in [1.54, 1.807) is 0 Å². The Kier molecular flexibility index (Phi) is 9.64. The van der Waals surface area contributed by atoms with Crippen molar-refractivity contribution in [1.29, 1.82) is 0 Å². The Morgan fingerprint density at radius 2 is 1.42 bits per heavy atom. The standard InChI is InChI=1S/C21H26O9Se/c1-12(22)27-18-16(11-31-17(25)10-15-8-6-5-7-9-15)30-21(26-4)20(29-14(3)24)19(18)28-13(2)23/h5-9,16,18-21H,10-11H2,1-4H3/t16-,18-,19+,20+,21+/m1/s1. The second kappa shape index (κ2) is 12.0. The van der Waals surface area contributed by atoms with Crippen LogP contribution in [0.15, 0.2) is 30.3 Å². The minimum atomic E-state index is -1.14. The monoisotopic (exact) mass is 502 g/mol. The average molecular weight is 501 g/mol. The van der Waals surface area contributed by atoms with Gasteiger partial charge in [-0.05, 0) is 0 Å². The van der Waals surface area contributed by atoms with E-state index in [4.69, 9.17) is 23.7 Å². The van der Waals surface area contributed by atoms with Crippen LogP contribution in [0.3, 0.4) is 0 Å². The molecule has 1 aliphatic heterocycles. The number of rotatable bonds is 9. The molecule has 1 saturated heterocycles. The zero-order valence-electron chi connectivity index (χ0n) is 17.8. The summed E-state index contributed by atoms with van der Waals surface area (Å²) >= 11 is -0.508. The van der Waals surface area contributed by atoms with Gasteiger partial charge in [0.1, 0.15) is 0 Å². The van der Waals surface area contributed by atoms with E-state index in [1.807, 2.05) is 30.3 Å². The van der Waals surface area contributed by atoms with Gasteiger partial charge in [0.2, 0.25) is 0 Å². The minimum absolute atomic E-state index is 0.0315. The number of carbonyl (C=O) groups is 4. The third-order valence-corrected chi connectivity index (χ3v) is 6.35. The summed E-state index contributed by atoms with van der Waals surface area (Å²) in [6.07, 6.45) is -4.92. The van der Waals surface area contributed by atoms with Gasteiger partial charge in [-0.2, -0.15) is 0 Å². The molecular formula is C21H26O9Se. The molecule has 9 nitrogen and oxygen atoms in total. The first-order valence-corrected chi connectivity index (χ1v) is 11.7. The van der Waals surface area contributed by atoms with Crippen LogP contribution < -0.4 is 0 Å². The first kappa shape index (κ1) is 25.0. The summed E-state index contributed by atoms with van der Waals surface area (Å²) in [5.74, 6) is -1.92. The van der Waals surface area contributed by atoms with Crippen molar-refractivity contribution in [2.24, 2.45) is 0 Å². The summed E-state index contributed by atoms with van der Waals surface area (Å²) in [5.41, 5.74) is 0.901. The molecule has 1 aliphatic rings. The van der Waals surface area contributed by atoms with Crippen LogP contribution in [-0.2, 0) is 49.3 Å². The summed E-state index contributed by atoms with van der Waals surface area (Å²) < 4.78 is 27.2. The number of methoxy groups -OCH3 is 1. The van der Waals surface area contributed by atoms with Crippen LogP contribution in [0.4, 0.5) is 0 Å². The topological polar surface area (TPSA) is 114 Å². The van der Waals surface area contributed by atoms with Gasteiger partial charge in [0, 0.05) is 0 Å². The summed E-state index contributed by atoms with van der Waals surface area (Å²) in [5, 5.41) is 0.251. The molecule has 0 unspecified atom stereocenters. The normalized spacial score (nSPS) is 25.4. The number of ether oxygens (including phenoxy) is 5. The number of hydrogen-bond acceptors (Lipinski definition) is 9. The third-order valence-electron chi connectivity index (χ3n) is 4.33. The Hall–Kier alpha value is -2.26. The Balaban J connectivity index is 2.20. The van der Waals surface area contributed by atoms with E-state index < -0.39 is 63.6 Å². The molecule has 1 heterocycles. The Morgan fingerprint density at radius 1 is 0.871 bits per heavy atom. The molecule has 31 heavy (non-hydrogen) atoms. The molecule has 0 N–H and O–H groups in total. The van der Waals surface area contributed by atoms with Crippen LogP contribution >= 0.6 is 0 Å². The van der Waals surface area contributed by atoms with E-state index in [2.05, 4.69) is 0 Å². The van der Waals surface area contributed by atoms with Crippen molar-refractivity contribution in [3.8, 4) is 0 Å². The SMILES string of the molecule is CO[C@H]1O[C@H](C[Se]C(=O)Cc2ccccc2)[C@@H](OC(C)=O)[C@H](OC(C)=O)[C@@H]1OC(C)=O. The Morgan fingerprint density at radius 3 is 1.97 bits per heavy atom. The third kappa shape index (κ3) is 7.74. The van der Waals surface area contributed by atoms with Crippen LogP contribution in [0.25, 0.3) is 0 Å². The van der Waals surface area contributed by atoms with Gasteiger partial charge in [0.05, 0.1) is 0 Å². The van der Waals surface area contributed by atoms with E-state index in [9.17, 15) is 19.2 Å². The first-order valence-electron chi connectivity index (χ1n) is 9.60. The molecule has 5 atom stereocenters. The summed E-state index contributed by atoms with van der Waals surface area (Å²) in [6.45, 7) is 3.59. The molecule has 2 rings (SSSR count). The maximum absolute atomic E-state index is 12.5. The van der Waals surface area contributed by atoms with E-state index in [0.717, 1.165) is 5.56 Å². The second-order valence-corrected chi connectivity index (χ2v) is 9.11. The maximum atomic E-state index is 12.5. The molecule has 170 valence electrons. The molecular weight excluding hydrogens is 475 g/mol. The van der Waals surface area contributed by atoms with Gasteiger partial charge < -0.3 is 0 Å². The van der Waals surface area contributed by atoms with Crippen molar-refractivity contribution >= 4 is 37.5 Å². The number of hydrogen-bond donors (Lipinski definition) is 0. The predicted octanol–water partition coefficient (Wildman–Crippen LogP) is 1.04. The van der Waals surface area contributed by atoms with Gasteiger partial charge in [0.15, 0.2) is 0 Å². The van der Waals surface area contributed by atoms with Crippen molar-refractivity contribution in [3.05, 3.63) is 35.9 Å². The molecule has 0 aliphatic carbocycles. The Labute approximate surface area is 186 Å². The van der Waals surface area contributed by atoms with Gasteiger partial charge in [-0.3, -0.25) is 0 Å². The van der Waals surface area contributed by atoms with Crippen molar-refractivity contribution in [3.63, 3.8) is 0 Å². The summed E-state index contributed by atoms with van der Waals surface area (Å²) in [7, 11) is 1.35. The van der Waals surface area contributed by atoms with E-state index in [1.165, 1.54) is 27.9 Å². The fraction of sp³-hybridized carbons (Fsp3) is 0.524. The molecule has 0 spiro atoms. The Bertz CT molecular complexity index is 782. The summed E-state index contributed by atoms with van der Waals surface area (Å²) in [4.78, 5) is 47.5. The van der Waals surface area contributed by atoms with Crippen LogP contribution in [0.2, 0.25) is 5.32 Å². The zero-order valence-corrected chi connectivity index (χ0v) is 19.5. The first-order chi connectivity index (χ1) is 14.7. The summed E-state index contributed by atoms with van der Waals surface area (Å²) in [6, 6.07) is 9.33. The molecule has 0 saturated carbocycles. The van der Waals surface area contributed by atoms with E-state index in [0.29, 0.717) is 0 Å². The van der Waals surface area contributed by atoms with Gasteiger partial charge in [0.25, 0.3) is 0 Å². The average Bonchev–Trinajstić information content (AvgIpc) is 2.69. The molecule has 1 aromatic rings. The van der Waals surface area contributed by atoms with Crippen molar-refractivity contribution in [2.45, 2.75) is 63.2 Å². The van der Waals surface area contributed by atoms with Crippen LogP contribution in [0.1, 0.15) is 26.3 Å². The molecule has 0 amide bonds. The number of carbonyl (C=O) groups excluding carboxylic acids is 4. The van der Waals surface area contributed by atoms with Crippen LogP contribution in [0, 0.1) is 0 Å². The van der Waals surface area contributed by atoms with Gasteiger partial charge in [-0.15, -0.1) is 0 Å². The van der Waals surface area contributed by atoms with Gasteiger partial charge >= 0.3 is 187 Å². The fourth-order valence-electron chi connectivity index (χ4n) is 3.17. The fourth-order valence-corrected chi connectivity index (χ4v) is 5.03. The van der Waals surface area contributed by atoms with Crippen molar-refractivity contribution in [1.82, 2.24) is 0 Å². The van der Waals surface area contributed by atoms with Gasteiger partial charge in [-0.25, -0.2) is 0 Å². The van der Waals surface area contributed by atoms with Crippen LogP contribution in [-0.4, -0.2) is 75.4 Å². The van der Waals surface area contributed by atoms with E-state index >= 15 is 0 Å². The molecule has 0 bridgehead atoms. The van der Waals surface area contributed by atoms with Crippen LogP contribution in [0.5, 0.6) is 0 Å². The molecule has 1 fully saturated rings. The molecule has 0 aromatic heterocycles. The molecule has 10 heteroatoms. The molecule has 0 radical (unpaired) electrons. The van der Waals surface area contributed by atoms with Gasteiger partial charge in [-0.1, -0.05) is 0 Å². The quantitative estimate of drug-likeness (QED) is 0.278. The van der Waals surface area contributed by atoms with E-state index in [-0.39, 0.29) is 16.4 Å². The number of esters is 3. The second-order valence-electron chi connectivity index (χ2n) is 6.85. The van der Waals surface area contributed by atoms with Crippen molar-refractivity contribution < 1.29 is 42.9 Å². The predicted molar refractivity (Wildman–Crippen MR) is 108 cm³/mol. The number of benzene rings is 1. The molecule has 1 aromatic carbocycles. The zero-order chi connectivity index (χ0) is 23.0.